The number of hydrogen-bond acceptors (Lipinski definition) is 4. The Morgan fingerprint density at radius 2 is 1.86 bits per heavy atom. The molecule has 0 aliphatic rings. The minimum atomic E-state index is 0.0784. The maximum atomic E-state index is 11.6. The fourth-order valence-corrected chi connectivity index (χ4v) is 1.78. The van der Waals surface area contributed by atoms with Crippen LogP contribution in [-0.4, -0.2) is 34.9 Å². The van der Waals surface area contributed by atoms with Crippen LogP contribution in [0.1, 0.15) is 11.1 Å². The average molecular weight is 306 g/mol. The van der Waals surface area contributed by atoms with Crippen LogP contribution in [0, 0.1) is 0 Å². The van der Waals surface area contributed by atoms with Crippen molar-refractivity contribution < 1.29 is 9.53 Å². The molecule has 1 amide bonds. The van der Waals surface area contributed by atoms with Gasteiger partial charge in [0.15, 0.2) is 0 Å². The molecule has 1 heterocycles. The number of hydrogen-bond donors (Lipinski definition) is 0. The zero-order valence-corrected chi connectivity index (χ0v) is 12.7. The van der Waals surface area contributed by atoms with E-state index in [0.29, 0.717) is 24.1 Å². The normalized spacial score (nSPS) is 10.2. The number of aromatic nitrogens is 2. The van der Waals surface area contributed by atoms with E-state index in [2.05, 4.69) is 9.97 Å². The van der Waals surface area contributed by atoms with Crippen LogP contribution in [0.5, 0.6) is 5.88 Å². The smallest absolute Gasteiger partial charge is 0.226 e. The summed E-state index contributed by atoms with van der Waals surface area (Å²) in [5, 5.41) is 0.345. The number of nitrogens with zero attached hydrogens (tertiary/aromatic N) is 3. The molecular weight excluding hydrogens is 290 g/mol. The van der Waals surface area contributed by atoms with Crippen LogP contribution in [0.2, 0.25) is 5.15 Å². The van der Waals surface area contributed by atoms with Crippen molar-refractivity contribution in [2.45, 2.75) is 13.0 Å². The lowest BCUT2D eigenvalue weighted by Gasteiger charge is -2.10. The Labute approximate surface area is 128 Å². The lowest BCUT2D eigenvalue weighted by atomic mass is 10.1. The van der Waals surface area contributed by atoms with Gasteiger partial charge in [0.25, 0.3) is 0 Å². The largest absolute Gasteiger partial charge is 0.473 e. The van der Waals surface area contributed by atoms with Crippen molar-refractivity contribution in [3.8, 4) is 5.88 Å². The zero-order chi connectivity index (χ0) is 15.2. The van der Waals surface area contributed by atoms with E-state index in [9.17, 15) is 4.79 Å². The Kier molecular flexibility index (Phi) is 5.11. The van der Waals surface area contributed by atoms with Crippen LogP contribution in [0.15, 0.2) is 36.7 Å². The molecule has 0 saturated carbocycles. The summed E-state index contributed by atoms with van der Waals surface area (Å²) in [6, 6.07) is 9.27. The molecule has 0 unspecified atom stereocenters. The number of benzene rings is 1. The fraction of sp³-hybridized carbons (Fsp3) is 0.267. The molecule has 6 heteroatoms. The lowest BCUT2D eigenvalue weighted by Crippen LogP contribution is -2.23. The highest BCUT2D eigenvalue weighted by molar-refractivity contribution is 6.29. The summed E-state index contributed by atoms with van der Waals surface area (Å²) >= 11 is 5.75. The van der Waals surface area contributed by atoms with Gasteiger partial charge in [0.05, 0.1) is 6.42 Å². The van der Waals surface area contributed by atoms with E-state index in [1.54, 1.807) is 25.1 Å². The van der Waals surface area contributed by atoms with Crippen molar-refractivity contribution >= 4 is 17.5 Å². The third kappa shape index (κ3) is 4.72. The first-order valence-electron chi connectivity index (χ1n) is 6.43. The van der Waals surface area contributed by atoms with E-state index >= 15 is 0 Å². The molecule has 0 atom stereocenters. The summed E-state index contributed by atoms with van der Waals surface area (Å²) in [4.78, 5) is 20.9. The maximum Gasteiger partial charge on any atom is 0.226 e. The van der Waals surface area contributed by atoms with Crippen LogP contribution >= 0.6 is 11.6 Å². The average Bonchev–Trinajstić information content (AvgIpc) is 2.46. The predicted molar refractivity (Wildman–Crippen MR) is 80.2 cm³/mol. The highest BCUT2D eigenvalue weighted by Gasteiger charge is 2.05. The number of likely N-dealkylation sites (N-methyl/N-ethyl adjacent to an activating group) is 1. The number of carbonyl (C=O) groups is 1. The number of ether oxygens (including phenoxy) is 1. The Balaban J connectivity index is 1.92. The van der Waals surface area contributed by atoms with E-state index in [1.165, 1.54) is 6.33 Å². The standard InChI is InChI=1S/C15H16ClN3O2/c1-19(2)15(20)7-11-3-5-12(6-4-11)9-21-14-8-13(16)17-10-18-14/h3-6,8,10H,7,9H2,1-2H3. The molecule has 2 aromatic rings. The molecule has 5 nitrogen and oxygen atoms in total. The fourth-order valence-electron chi connectivity index (χ4n) is 1.64. The quantitative estimate of drug-likeness (QED) is 0.796. The second-order valence-electron chi connectivity index (χ2n) is 4.75. The van der Waals surface area contributed by atoms with Gasteiger partial charge in [0, 0.05) is 20.2 Å². The molecule has 0 spiro atoms. The molecule has 0 aliphatic carbocycles. The van der Waals surface area contributed by atoms with Crippen molar-refractivity contribution in [1.29, 1.82) is 0 Å². The van der Waals surface area contributed by atoms with E-state index in [0.717, 1.165) is 11.1 Å². The minimum absolute atomic E-state index is 0.0784. The van der Waals surface area contributed by atoms with E-state index in [-0.39, 0.29) is 5.91 Å². The number of halogens is 1. The van der Waals surface area contributed by atoms with Crippen LogP contribution in [-0.2, 0) is 17.8 Å². The highest BCUT2D eigenvalue weighted by atomic mass is 35.5. The van der Waals surface area contributed by atoms with Crippen molar-refractivity contribution in [3.05, 3.63) is 52.9 Å². The van der Waals surface area contributed by atoms with E-state index in [4.69, 9.17) is 16.3 Å². The van der Waals surface area contributed by atoms with Gasteiger partial charge in [-0.25, -0.2) is 9.97 Å². The molecule has 0 saturated heterocycles. The first-order valence-corrected chi connectivity index (χ1v) is 6.80. The van der Waals surface area contributed by atoms with Crippen molar-refractivity contribution in [2.75, 3.05) is 14.1 Å². The predicted octanol–water partition coefficient (Wildman–Crippen LogP) is 2.34. The Morgan fingerprint density at radius 3 is 2.48 bits per heavy atom. The summed E-state index contributed by atoms with van der Waals surface area (Å²) in [5.41, 5.74) is 1.97. The molecule has 0 radical (unpaired) electrons. The van der Waals surface area contributed by atoms with Gasteiger partial charge in [0.1, 0.15) is 18.1 Å². The monoisotopic (exact) mass is 305 g/mol. The number of amides is 1. The van der Waals surface area contributed by atoms with Gasteiger partial charge in [-0.3, -0.25) is 4.79 Å². The first-order chi connectivity index (χ1) is 10.0. The van der Waals surface area contributed by atoms with E-state index < -0.39 is 0 Å². The summed E-state index contributed by atoms with van der Waals surface area (Å²) in [6.07, 6.45) is 1.75. The molecule has 1 aromatic heterocycles. The lowest BCUT2D eigenvalue weighted by molar-refractivity contribution is -0.127. The SMILES string of the molecule is CN(C)C(=O)Cc1ccc(COc2cc(Cl)ncn2)cc1. The molecule has 2 rings (SSSR count). The van der Waals surface area contributed by atoms with Gasteiger partial charge in [-0.2, -0.15) is 0 Å². The maximum absolute atomic E-state index is 11.6. The zero-order valence-electron chi connectivity index (χ0n) is 11.9. The number of rotatable bonds is 5. The molecule has 0 fully saturated rings. The van der Waals surface area contributed by atoms with Crippen molar-refractivity contribution in [3.63, 3.8) is 0 Å². The van der Waals surface area contributed by atoms with Gasteiger partial charge in [-0.15, -0.1) is 0 Å². The van der Waals surface area contributed by atoms with Crippen LogP contribution in [0.25, 0.3) is 0 Å². The van der Waals surface area contributed by atoms with Gasteiger partial charge < -0.3 is 9.64 Å². The summed E-state index contributed by atoms with van der Waals surface area (Å²) in [5.74, 6) is 0.511. The summed E-state index contributed by atoms with van der Waals surface area (Å²) in [7, 11) is 3.49. The van der Waals surface area contributed by atoms with Crippen molar-refractivity contribution in [1.82, 2.24) is 14.9 Å². The Hall–Kier alpha value is -2.14. The first kappa shape index (κ1) is 15.3. The van der Waals surface area contributed by atoms with Gasteiger partial charge in [0.2, 0.25) is 11.8 Å². The Morgan fingerprint density at radius 1 is 1.19 bits per heavy atom. The Bertz CT molecular complexity index is 615. The number of carbonyl (C=O) groups excluding carboxylic acids is 1. The second kappa shape index (κ2) is 7.04. The van der Waals surface area contributed by atoms with Crippen molar-refractivity contribution in [2.24, 2.45) is 0 Å². The third-order valence-electron chi connectivity index (χ3n) is 2.87. The molecule has 21 heavy (non-hydrogen) atoms. The van der Waals surface area contributed by atoms with Gasteiger partial charge >= 0.3 is 0 Å². The topological polar surface area (TPSA) is 55.3 Å². The third-order valence-corrected chi connectivity index (χ3v) is 3.08. The molecular formula is C15H16ClN3O2. The minimum Gasteiger partial charge on any atom is -0.473 e. The molecule has 1 aromatic carbocycles. The van der Waals surface area contributed by atoms with Crippen LogP contribution < -0.4 is 4.74 Å². The van der Waals surface area contributed by atoms with Crippen LogP contribution in [0.3, 0.4) is 0 Å². The molecule has 110 valence electrons. The second-order valence-corrected chi connectivity index (χ2v) is 5.14. The van der Waals surface area contributed by atoms with E-state index in [1.807, 2.05) is 24.3 Å². The summed E-state index contributed by atoms with van der Waals surface area (Å²) in [6.45, 7) is 0.384. The van der Waals surface area contributed by atoms with Gasteiger partial charge in [-0.05, 0) is 11.1 Å². The summed E-state index contributed by atoms with van der Waals surface area (Å²) < 4.78 is 5.52. The van der Waals surface area contributed by atoms with Gasteiger partial charge in [-0.1, -0.05) is 35.9 Å². The highest BCUT2D eigenvalue weighted by Crippen LogP contribution is 2.13. The molecule has 0 N–H and O–H groups in total. The molecule has 0 aliphatic heterocycles. The molecule has 0 bridgehead atoms. The van der Waals surface area contributed by atoms with Crippen LogP contribution in [0.4, 0.5) is 0 Å².